The van der Waals surface area contributed by atoms with Gasteiger partial charge in [-0.15, -0.1) is 0 Å². The second-order valence-electron chi connectivity index (χ2n) is 5.63. The van der Waals surface area contributed by atoms with E-state index in [9.17, 15) is 5.11 Å². The van der Waals surface area contributed by atoms with Crippen molar-refractivity contribution >= 4 is 0 Å². The van der Waals surface area contributed by atoms with Crippen molar-refractivity contribution in [2.45, 2.75) is 38.5 Å². The molecule has 0 fully saturated rings. The lowest BCUT2D eigenvalue weighted by Crippen LogP contribution is -2.42. The van der Waals surface area contributed by atoms with Crippen LogP contribution in [0, 0.1) is 0 Å². The molecule has 1 aromatic heterocycles. The molecule has 0 radical (unpaired) electrons. The van der Waals surface area contributed by atoms with Crippen LogP contribution in [0.2, 0.25) is 0 Å². The summed E-state index contributed by atoms with van der Waals surface area (Å²) in [5.41, 5.74) is 3.44. The summed E-state index contributed by atoms with van der Waals surface area (Å²) in [7, 11) is 0. The van der Waals surface area contributed by atoms with Gasteiger partial charge in [0.2, 0.25) is 0 Å². The average Bonchev–Trinajstić information content (AvgIpc) is 2.55. The first kappa shape index (κ1) is 14.2. The predicted octanol–water partition coefficient (Wildman–Crippen LogP) is 2.95. The van der Waals surface area contributed by atoms with E-state index >= 15 is 0 Å². The van der Waals surface area contributed by atoms with Gasteiger partial charge < -0.3 is 5.11 Å². The van der Waals surface area contributed by atoms with Crippen LogP contribution in [-0.4, -0.2) is 27.6 Å². The number of pyridine rings is 1. The van der Waals surface area contributed by atoms with E-state index in [1.807, 2.05) is 30.5 Å². The van der Waals surface area contributed by atoms with Crippen molar-refractivity contribution in [2.24, 2.45) is 0 Å². The molecule has 2 atom stereocenters. The number of likely N-dealkylation sites (N-methyl/N-ethyl adjacent to an activating group) is 1. The summed E-state index contributed by atoms with van der Waals surface area (Å²) in [6.07, 6.45) is 3.46. The van der Waals surface area contributed by atoms with E-state index in [1.165, 1.54) is 5.56 Å². The Labute approximate surface area is 126 Å². The van der Waals surface area contributed by atoms with Crippen LogP contribution in [0.4, 0.5) is 0 Å². The van der Waals surface area contributed by atoms with Crippen LogP contribution >= 0.6 is 0 Å². The fourth-order valence-electron chi connectivity index (χ4n) is 3.26. The minimum absolute atomic E-state index is 0.173. The van der Waals surface area contributed by atoms with Gasteiger partial charge in [-0.25, -0.2) is 0 Å². The zero-order valence-electron chi connectivity index (χ0n) is 12.4. The van der Waals surface area contributed by atoms with E-state index in [0.29, 0.717) is 0 Å². The van der Waals surface area contributed by atoms with Gasteiger partial charge in [-0.05, 0) is 42.6 Å². The number of nitrogens with zero attached hydrogens (tertiary/aromatic N) is 2. The van der Waals surface area contributed by atoms with E-state index in [1.54, 1.807) is 0 Å². The first-order valence-electron chi connectivity index (χ1n) is 7.69. The zero-order valence-corrected chi connectivity index (χ0v) is 12.4. The summed E-state index contributed by atoms with van der Waals surface area (Å²) in [5.74, 6) is 0. The third-order valence-corrected chi connectivity index (χ3v) is 4.41. The standard InChI is InChI=1S/C18H22N2O/c1-2-20(13-15-8-5-6-12-19-15)17-11-10-14-7-3-4-9-16(14)18(17)21/h3-9,12,17-18,21H,2,10-11,13H2,1H3. The number of hydrogen-bond acceptors (Lipinski definition) is 3. The summed E-state index contributed by atoms with van der Waals surface area (Å²) in [6.45, 7) is 3.86. The highest BCUT2D eigenvalue weighted by atomic mass is 16.3. The van der Waals surface area contributed by atoms with Crippen molar-refractivity contribution in [1.82, 2.24) is 9.88 Å². The Hall–Kier alpha value is -1.71. The molecular formula is C18H22N2O. The Balaban J connectivity index is 1.79. The molecule has 3 rings (SSSR count). The Kier molecular flexibility index (Phi) is 4.32. The largest absolute Gasteiger partial charge is 0.387 e. The molecule has 3 heteroatoms. The maximum Gasteiger partial charge on any atom is 0.0948 e. The zero-order chi connectivity index (χ0) is 14.7. The second-order valence-corrected chi connectivity index (χ2v) is 5.63. The van der Waals surface area contributed by atoms with Gasteiger partial charge in [0, 0.05) is 18.8 Å². The Morgan fingerprint density at radius 3 is 2.76 bits per heavy atom. The minimum Gasteiger partial charge on any atom is -0.387 e. The molecule has 0 bridgehead atoms. The van der Waals surface area contributed by atoms with Gasteiger partial charge in [0.1, 0.15) is 0 Å². The molecule has 110 valence electrons. The molecule has 1 aliphatic carbocycles. The molecule has 0 spiro atoms. The van der Waals surface area contributed by atoms with Crippen LogP contribution in [0.3, 0.4) is 0 Å². The highest BCUT2D eigenvalue weighted by Gasteiger charge is 2.31. The van der Waals surface area contributed by atoms with Crippen molar-refractivity contribution in [3.05, 3.63) is 65.5 Å². The van der Waals surface area contributed by atoms with E-state index in [2.05, 4.69) is 35.0 Å². The molecule has 1 aromatic carbocycles. The number of aliphatic hydroxyl groups excluding tert-OH is 1. The van der Waals surface area contributed by atoms with Crippen LogP contribution in [0.5, 0.6) is 0 Å². The molecule has 0 amide bonds. The lowest BCUT2D eigenvalue weighted by Gasteiger charge is -2.38. The monoisotopic (exact) mass is 282 g/mol. The molecule has 1 aliphatic rings. The summed E-state index contributed by atoms with van der Waals surface area (Å²) >= 11 is 0. The van der Waals surface area contributed by atoms with Crippen LogP contribution in [0.15, 0.2) is 48.7 Å². The number of benzene rings is 1. The van der Waals surface area contributed by atoms with Crippen LogP contribution < -0.4 is 0 Å². The number of aryl methyl sites for hydroxylation is 1. The molecule has 1 heterocycles. The molecule has 0 saturated heterocycles. The Bertz CT molecular complexity index is 585. The van der Waals surface area contributed by atoms with Crippen LogP contribution in [-0.2, 0) is 13.0 Å². The van der Waals surface area contributed by atoms with Gasteiger partial charge in [0.15, 0.2) is 0 Å². The highest BCUT2D eigenvalue weighted by Crippen LogP contribution is 2.33. The minimum atomic E-state index is -0.404. The van der Waals surface area contributed by atoms with E-state index in [-0.39, 0.29) is 6.04 Å². The fraction of sp³-hybridized carbons (Fsp3) is 0.389. The lowest BCUT2D eigenvalue weighted by atomic mass is 9.85. The molecule has 0 aliphatic heterocycles. The normalized spacial score (nSPS) is 21.3. The van der Waals surface area contributed by atoms with Crippen molar-refractivity contribution in [3.8, 4) is 0 Å². The molecule has 3 nitrogen and oxygen atoms in total. The second kappa shape index (κ2) is 6.37. The Morgan fingerprint density at radius 2 is 2.00 bits per heavy atom. The number of hydrogen-bond donors (Lipinski definition) is 1. The van der Waals surface area contributed by atoms with Crippen molar-refractivity contribution in [3.63, 3.8) is 0 Å². The molecule has 0 saturated carbocycles. The maximum atomic E-state index is 10.7. The van der Waals surface area contributed by atoms with E-state index < -0.39 is 6.10 Å². The van der Waals surface area contributed by atoms with Gasteiger partial charge in [0.05, 0.1) is 11.8 Å². The average molecular weight is 282 g/mol. The van der Waals surface area contributed by atoms with Gasteiger partial charge in [-0.2, -0.15) is 0 Å². The SMILES string of the molecule is CCN(Cc1ccccn1)C1CCc2ccccc2C1O. The van der Waals surface area contributed by atoms with E-state index in [0.717, 1.165) is 37.2 Å². The third-order valence-electron chi connectivity index (χ3n) is 4.41. The smallest absolute Gasteiger partial charge is 0.0948 e. The third kappa shape index (κ3) is 2.99. The number of rotatable bonds is 4. The first-order valence-corrected chi connectivity index (χ1v) is 7.69. The topological polar surface area (TPSA) is 36.4 Å². The first-order chi connectivity index (χ1) is 10.3. The van der Waals surface area contributed by atoms with Crippen molar-refractivity contribution in [2.75, 3.05) is 6.54 Å². The summed E-state index contributed by atoms with van der Waals surface area (Å²) < 4.78 is 0. The predicted molar refractivity (Wildman–Crippen MR) is 83.8 cm³/mol. The lowest BCUT2D eigenvalue weighted by molar-refractivity contribution is 0.0337. The summed E-state index contributed by atoms with van der Waals surface area (Å²) in [6, 6.07) is 14.4. The van der Waals surface area contributed by atoms with Crippen LogP contribution in [0.1, 0.15) is 36.3 Å². The maximum absolute atomic E-state index is 10.7. The molecule has 2 aromatic rings. The van der Waals surface area contributed by atoms with Gasteiger partial charge in [0.25, 0.3) is 0 Å². The number of aliphatic hydroxyl groups is 1. The summed E-state index contributed by atoms with van der Waals surface area (Å²) in [4.78, 5) is 6.74. The van der Waals surface area contributed by atoms with Crippen LogP contribution in [0.25, 0.3) is 0 Å². The quantitative estimate of drug-likeness (QED) is 0.936. The van der Waals surface area contributed by atoms with Gasteiger partial charge in [-0.1, -0.05) is 37.3 Å². The van der Waals surface area contributed by atoms with Gasteiger partial charge >= 0.3 is 0 Å². The van der Waals surface area contributed by atoms with E-state index in [4.69, 9.17) is 0 Å². The molecule has 1 N–H and O–H groups in total. The molecule has 21 heavy (non-hydrogen) atoms. The number of fused-ring (bicyclic) bond motifs is 1. The Morgan fingerprint density at radius 1 is 1.19 bits per heavy atom. The summed E-state index contributed by atoms with van der Waals surface area (Å²) in [5, 5.41) is 10.7. The van der Waals surface area contributed by atoms with Gasteiger partial charge in [-0.3, -0.25) is 9.88 Å². The fourth-order valence-corrected chi connectivity index (χ4v) is 3.26. The molecule has 2 unspecified atom stereocenters. The molecular weight excluding hydrogens is 260 g/mol. The number of aromatic nitrogens is 1. The van der Waals surface area contributed by atoms with Crippen molar-refractivity contribution < 1.29 is 5.11 Å². The van der Waals surface area contributed by atoms with Crippen molar-refractivity contribution in [1.29, 1.82) is 0 Å². The highest BCUT2D eigenvalue weighted by molar-refractivity contribution is 5.32.